The van der Waals surface area contributed by atoms with Gasteiger partial charge >= 0.3 is 0 Å². The fourth-order valence-electron chi connectivity index (χ4n) is 3.24. The lowest BCUT2D eigenvalue weighted by molar-refractivity contribution is -0.128. The summed E-state index contributed by atoms with van der Waals surface area (Å²) >= 11 is 0. The zero-order valence-electron chi connectivity index (χ0n) is 15.1. The second-order valence-corrected chi connectivity index (χ2v) is 6.76. The maximum Gasteiger partial charge on any atom is 0.254 e. The fraction of sp³-hybridized carbons (Fsp3) is 0.333. The minimum atomic E-state index is -0.293. The highest BCUT2D eigenvalue weighted by atomic mass is 19.1. The molecule has 2 aromatic rings. The predicted molar refractivity (Wildman–Crippen MR) is 98.0 cm³/mol. The van der Waals surface area contributed by atoms with E-state index in [1.54, 1.807) is 30.1 Å². The molecule has 1 fully saturated rings. The number of nitrogens with zero attached hydrogens (tertiary/aromatic N) is 2. The van der Waals surface area contributed by atoms with Crippen molar-refractivity contribution in [3.05, 3.63) is 71.0 Å². The molecule has 2 aromatic carbocycles. The molecule has 1 aliphatic heterocycles. The number of hydrogen-bond donors (Lipinski definition) is 0. The van der Waals surface area contributed by atoms with Crippen molar-refractivity contribution in [3.63, 3.8) is 0 Å². The van der Waals surface area contributed by atoms with E-state index in [0.29, 0.717) is 18.5 Å². The van der Waals surface area contributed by atoms with Crippen molar-refractivity contribution in [2.45, 2.75) is 32.4 Å². The van der Waals surface area contributed by atoms with Gasteiger partial charge in [-0.1, -0.05) is 24.3 Å². The van der Waals surface area contributed by atoms with Gasteiger partial charge < -0.3 is 9.80 Å². The number of benzene rings is 2. The van der Waals surface area contributed by atoms with E-state index in [-0.39, 0.29) is 23.7 Å². The van der Waals surface area contributed by atoms with E-state index in [4.69, 9.17) is 0 Å². The van der Waals surface area contributed by atoms with Crippen LogP contribution in [-0.4, -0.2) is 35.2 Å². The van der Waals surface area contributed by atoms with E-state index >= 15 is 0 Å². The third-order valence-electron chi connectivity index (χ3n) is 4.97. The van der Waals surface area contributed by atoms with Gasteiger partial charge in [-0.05, 0) is 48.7 Å². The van der Waals surface area contributed by atoms with Crippen LogP contribution < -0.4 is 0 Å². The lowest BCUT2D eigenvalue weighted by Crippen LogP contribution is -2.30. The first kappa shape index (κ1) is 18.1. The summed E-state index contributed by atoms with van der Waals surface area (Å²) in [5.41, 5.74) is 2.42. The molecule has 0 spiro atoms. The molecule has 26 heavy (non-hydrogen) atoms. The molecule has 3 rings (SSSR count). The van der Waals surface area contributed by atoms with Crippen molar-refractivity contribution in [3.8, 4) is 0 Å². The Labute approximate surface area is 153 Å². The van der Waals surface area contributed by atoms with Gasteiger partial charge in [-0.3, -0.25) is 9.59 Å². The highest BCUT2D eigenvalue weighted by molar-refractivity contribution is 5.94. The molecular weight excluding hydrogens is 331 g/mol. The summed E-state index contributed by atoms with van der Waals surface area (Å²) in [6.07, 6.45) is 1.51. The topological polar surface area (TPSA) is 40.6 Å². The van der Waals surface area contributed by atoms with Gasteiger partial charge in [-0.25, -0.2) is 4.39 Å². The molecule has 0 aromatic heterocycles. The first-order valence-corrected chi connectivity index (χ1v) is 8.85. The van der Waals surface area contributed by atoms with Crippen LogP contribution in [0.25, 0.3) is 0 Å². The normalized spacial score (nSPS) is 15.2. The summed E-state index contributed by atoms with van der Waals surface area (Å²) in [7, 11) is 1.74. The lowest BCUT2D eigenvalue weighted by Gasteiger charge is -2.26. The Morgan fingerprint density at radius 2 is 1.96 bits per heavy atom. The molecule has 0 saturated carbocycles. The summed E-state index contributed by atoms with van der Waals surface area (Å²) in [5.74, 6) is -0.223. The van der Waals surface area contributed by atoms with Crippen molar-refractivity contribution in [1.82, 2.24) is 9.80 Å². The van der Waals surface area contributed by atoms with Crippen molar-refractivity contribution in [2.24, 2.45) is 0 Å². The molecule has 1 unspecified atom stereocenters. The van der Waals surface area contributed by atoms with Crippen molar-refractivity contribution >= 4 is 11.8 Å². The molecule has 0 N–H and O–H groups in total. The van der Waals surface area contributed by atoms with Gasteiger partial charge in [-0.15, -0.1) is 0 Å². The van der Waals surface area contributed by atoms with E-state index in [2.05, 4.69) is 0 Å². The number of hydrogen-bond acceptors (Lipinski definition) is 2. The monoisotopic (exact) mass is 354 g/mol. The zero-order valence-corrected chi connectivity index (χ0v) is 15.1. The van der Waals surface area contributed by atoms with Crippen molar-refractivity contribution < 1.29 is 14.0 Å². The first-order valence-electron chi connectivity index (χ1n) is 8.85. The molecule has 1 aliphatic rings. The van der Waals surface area contributed by atoms with Gasteiger partial charge in [0.25, 0.3) is 5.91 Å². The number of amides is 2. The van der Waals surface area contributed by atoms with Crippen LogP contribution in [0.3, 0.4) is 0 Å². The quantitative estimate of drug-likeness (QED) is 0.820. The highest BCUT2D eigenvalue weighted by Gasteiger charge is 2.22. The lowest BCUT2D eigenvalue weighted by atomic mass is 10.0. The molecule has 0 radical (unpaired) electrons. The number of rotatable bonds is 5. The molecule has 0 aliphatic carbocycles. The minimum absolute atomic E-state index is 0.101. The number of carbonyl (C=O) groups excluding carboxylic acids is 2. The SMILES string of the molecule is CC(c1ccc(F)cc1)N(C)C(=O)c1cccc(CN2CCCC2=O)c1. The van der Waals surface area contributed by atoms with Gasteiger partial charge in [0.15, 0.2) is 0 Å². The van der Waals surface area contributed by atoms with Crippen LogP contribution in [0.1, 0.15) is 47.3 Å². The van der Waals surface area contributed by atoms with Crippen LogP contribution in [-0.2, 0) is 11.3 Å². The Kier molecular flexibility index (Phi) is 5.35. The number of halogens is 1. The van der Waals surface area contributed by atoms with E-state index in [1.807, 2.05) is 30.0 Å². The number of likely N-dealkylation sites (tertiary alicyclic amines) is 1. The molecule has 2 amide bonds. The summed E-state index contributed by atoms with van der Waals surface area (Å²) in [5, 5.41) is 0. The maximum atomic E-state index is 13.1. The van der Waals surface area contributed by atoms with Crippen molar-refractivity contribution in [2.75, 3.05) is 13.6 Å². The summed E-state index contributed by atoms with van der Waals surface area (Å²) in [6, 6.07) is 13.4. The second-order valence-electron chi connectivity index (χ2n) is 6.76. The third-order valence-corrected chi connectivity index (χ3v) is 4.97. The predicted octanol–water partition coefficient (Wildman–Crippen LogP) is 3.78. The molecule has 1 atom stereocenters. The van der Waals surface area contributed by atoms with E-state index in [1.165, 1.54) is 12.1 Å². The van der Waals surface area contributed by atoms with E-state index in [9.17, 15) is 14.0 Å². The Morgan fingerprint density at radius 3 is 2.62 bits per heavy atom. The fourth-order valence-corrected chi connectivity index (χ4v) is 3.24. The standard InChI is InChI=1S/C21H23FN2O2/c1-15(17-8-10-19(22)11-9-17)23(2)21(26)18-6-3-5-16(13-18)14-24-12-4-7-20(24)25/h3,5-6,8-11,13,15H,4,7,12,14H2,1-2H3. The molecule has 1 saturated heterocycles. The first-order chi connectivity index (χ1) is 12.5. The zero-order chi connectivity index (χ0) is 18.7. The van der Waals surface area contributed by atoms with E-state index < -0.39 is 0 Å². The van der Waals surface area contributed by atoms with Gasteiger partial charge in [0.1, 0.15) is 5.82 Å². The number of carbonyl (C=O) groups is 2. The summed E-state index contributed by atoms with van der Waals surface area (Å²) in [6.45, 7) is 3.23. The van der Waals surface area contributed by atoms with Gasteiger partial charge in [0.2, 0.25) is 5.91 Å². The third kappa shape index (κ3) is 3.93. The average molecular weight is 354 g/mol. The maximum absolute atomic E-state index is 13.1. The molecule has 5 heteroatoms. The second kappa shape index (κ2) is 7.68. The minimum Gasteiger partial charge on any atom is -0.338 e. The van der Waals surface area contributed by atoms with E-state index in [0.717, 1.165) is 24.1 Å². The Morgan fingerprint density at radius 1 is 1.23 bits per heavy atom. The van der Waals surface area contributed by atoms with Crippen LogP contribution in [0, 0.1) is 5.82 Å². The molecular formula is C21H23FN2O2. The van der Waals surface area contributed by atoms with Gasteiger partial charge in [0, 0.05) is 32.1 Å². The van der Waals surface area contributed by atoms with Crippen molar-refractivity contribution in [1.29, 1.82) is 0 Å². The van der Waals surface area contributed by atoms with Gasteiger partial charge in [-0.2, -0.15) is 0 Å². The summed E-state index contributed by atoms with van der Waals surface area (Å²) < 4.78 is 13.1. The largest absolute Gasteiger partial charge is 0.338 e. The molecule has 1 heterocycles. The Bertz CT molecular complexity index is 804. The van der Waals surface area contributed by atoms with Crippen LogP contribution in [0.15, 0.2) is 48.5 Å². The highest BCUT2D eigenvalue weighted by Crippen LogP contribution is 2.22. The molecule has 4 nitrogen and oxygen atoms in total. The Hall–Kier alpha value is -2.69. The smallest absolute Gasteiger partial charge is 0.254 e. The molecule has 136 valence electrons. The Balaban J connectivity index is 1.73. The van der Waals surface area contributed by atoms with Crippen LogP contribution in [0.5, 0.6) is 0 Å². The van der Waals surface area contributed by atoms with Crippen LogP contribution in [0.2, 0.25) is 0 Å². The molecule has 0 bridgehead atoms. The van der Waals surface area contributed by atoms with Crippen LogP contribution in [0.4, 0.5) is 4.39 Å². The van der Waals surface area contributed by atoms with Gasteiger partial charge in [0.05, 0.1) is 6.04 Å². The van der Waals surface area contributed by atoms with Crippen LogP contribution >= 0.6 is 0 Å². The average Bonchev–Trinajstić information content (AvgIpc) is 3.05. The summed E-state index contributed by atoms with van der Waals surface area (Å²) in [4.78, 5) is 28.1.